The number of carboxylic acids is 1. The molecular formula is C14H18N2O4. The summed E-state index contributed by atoms with van der Waals surface area (Å²) >= 11 is 0. The Hall–Kier alpha value is -1.92. The monoisotopic (exact) mass is 278 g/mol. The van der Waals surface area contributed by atoms with E-state index in [2.05, 4.69) is 10.6 Å². The molecule has 1 aliphatic heterocycles. The van der Waals surface area contributed by atoms with Crippen molar-refractivity contribution < 1.29 is 19.8 Å². The Bertz CT molecular complexity index is 516. The molecule has 0 aromatic heterocycles. The van der Waals surface area contributed by atoms with E-state index in [0.717, 1.165) is 25.1 Å². The average molecular weight is 278 g/mol. The largest absolute Gasteiger partial charge is 0.479 e. The molecule has 0 fully saturated rings. The Morgan fingerprint density at radius 1 is 1.35 bits per heavy atom. The molecule has 0 bridgehead atoms. The summed E-state index contributed by atoms with van der Waals surface area (Å²) in [7, 11) is 0. The van der Waals surface area contributed by atoms with Crippen LogP contribution in [0.15, 0.2) is 18.2 Å². The number of amides is 1. The highest BCUT2D eigenvalue weighted by atomic mass is 16.4. The number of fused-ring (bicyclic) bond motifs is 1. The second kappa shape index (κ2) is 6.49. The molecule has 1 aromatic rings. The van der Waals surface area contributed by atoms with Crippen LogP contribution in [0.5, 0.6) is 0 Å². The standard InChI is InChI=1S/C14H18N2O4/c17-12(14(19)20)4-6-16-13(18)10-2-1-9-3-5-15-8-11(9)7-10/h1-2,7,12,15,17H,3-6,8H2,(H,16,18)(H,19,20). The molecule has 0 radical (unpaired) electrons. The third kappa shape index (κ3) is 3.55. The third-order valence-corrected chi connectivity index (χ3v) is 3.34. The Labute approximate surface area is 116 Å². The molecule has 0 aliphatic carbocycles. The normalized spacial score (nSPS) is 15.2. The lowest BCUT2D eigenvalue weighted by Gasteiger charge is -2.17. The first-order chi connectivity index (χ1) is 9.58. The summed E-state index contributed by atoms with van der Waals surface area (Å²) in [5, 5.41) is 23.5. The van der Waals surface area contributed by atoms with Gasteiger partial charge in [0, 0.05) is 25.1 Å². The van der Waals surface area contributed by atoms with E-state index in [1.54, 1.807) is 6.07 Å². The van der Waals surface area contributed by atoms with Crippen molar-refractivity contribution in [3.05, 3.63) is 34.9 Å². The van der Waals surface area contributed by atoms with Crippen molar-refractivity contribution in [2.24, 2.45) is 0 Å². The van der Waals surface area contributed by atoms with Gasteiger partial charge in [-0.3, -0.25) is 4.79 Å². The van der Waals surface area contributed by atoms with Gasteiger partial charge in [0.2, 0.25) is 0 Å². The van der Waals surface area contributed by atoms with Crippen LogP contribution in [-0.2, 0) is 17.8 Å². The van der Waals surface area contributed by atoms with Crippen LogP contribution in [0, 0.1) is 0 Å². The number of aliphatic hydroxyl groups excluding tert-OH is 1. The number of carbonyl (C=O) groups is 2. The van der Waals surface area contributed by atoms with E-state index in [4.69, 9.17) is 10.2 Å². The van der Waals surface area contributed by atoms with Gasteiger partial charge in [0.1, 0.15) is 0 Å². The quantitative estimate of drug-likeness (QED) is 0.603. The highest BCUT2D eigenvalue weighted by Gasteiger charge is 2.15. The van der Waals surface area contributed by atoms with Crippen molar-refractivity contribution in [1.29, 1.82) is 0 Å². The Kier molecular flexibility index (Phi) is 4.70. The maximum absolute atomic E-state index is 11.9. The predicted molar refractivity (Wildman–Crippen MR) is 72.4 cm³/mol. The zero-order valence-electron chi connectivity index (χ0n) is 11.1. The number of hydrogen-bond donors (Lipinski definition) is 4. The van der Waals surface area contributed by atoms with E-state index in [-0.39, 0.29) is 18.9 Å². The zero-order valence-corrected chi connectivity index (χ0v) is 11.1. The molecule has 6 nitrogen and oxygen atoms in total. The Morgan fingerprint density at radius 3 is 2.90 bits per heavy atom. The molecule has 0 saturated carbocycles. The molecule has 1 amide bonds. The fourth-order valence-corrected chi connectivity index (χ4v) is 2.17. The minimum Gasteiger partial charge on any atom is -0.479 e. The van der Waals surface area contributed by atoms with Gasteiger partial charge in [0.05, 0.1) is 0 Å². The van der Waals surface area contributed by atoms with E-state index in [1.165, 1.54) is 5.56 Å². The summed E-state index contributed by atoms with van der Waals surface area (Å²) in [6.07, 6.45) is -0.488. The second-order valence-electron chi connectivity index (χ2n) is 4.81. The average Bonchev–Trinajstić information content (AvgIpc) is 2.46. The molecule has 1 aliphatic rings. The van der Waals surface area contributed by atoms with Gasteiger partial charge in [-0.05, 0) is 36.2 Å². The lowest BCUT2D eigenvalue weighted by molar-refractivity contribution is -0.146. The van der Waals surface area contributed by atoms with Gasteiger partial charge in [-0.15, -0.1) is 0 Å². The SMILES string of the molecule is O=C(NCCC(O)C(=O)O)c1ccc2c(c1)CNCC2. The summed E-state index contributed by atoms with van der Waals surface area (Å²) in [5.74, 6) is -1.53. The molecule has 1 aromatic carbocycles. The molecule has 1 atom stereocenters. The molecule has 2 rings (SSSR count). The molecule has 0 spiro atoms. The van der Waals surface area contributed by atoms with Gasteiger partial charge in [0.15, 0.2) is 6.10 Å². The summed E-state index contributed by atoms with van der Waals surface area (Å²) in [6, 6.07) is 5.58. The fraction of sp³-hybridized carbons (Fsp3) is 0.429. The highest BCUT2D eigenvalue weighted by molar-refractivity contribution is 5.94. The lowest BCUT2D eigenvalue weighted by Crippen LogP contribution is -2.30. The van der Waals surface area contributed by atoms with Crippen molar-refractivity contribution in [2.75, 3.05) is 13.1 Å². The number of hydrogen-bond acceptors (Lipinski definition) is 4. The van der Waals surface area contributed by atoms with Crippen LogP contribution >= 0.6 is 0 Å². The zero-order chi connectivity index (χ0) is 14.5. The van der Waals surface area contributed by atoms with Gasteiger partial charge in [-0.2, -0.15) is 0 Å². The van der Waals surface area contributed by atoms with Gasteiger partial charge >= 0.3 is 5.97 Å². The second-order valence-corrected chi connectivity index (χ2v) is 4.81. The molecule has 20 heavy (non-hydrogen) atoms. The number of aliphatic hydroxyl groups is 1. The van der Waals surface area contributed by atoms with Gasteiger partial charge in [0.25, 0.3) is 5.91 Å². The first-order valence-electron chi connectivity index (χ1n) is 6.59. The van der Waals surface area contributed by atoms with Crippen molar-refractivity contribution >= 4 is 11.9 Å². The summed E-state index contributed by atoms with van der Waals surface area (Å²) in [6.45, 7) is 1.83. The number of carbonyl (C=O) groups excluding carboxylic acids is 1. The Morgan fingerprint density at radius 2 is 2.15 bits per heavy atom. The smallest absolute Gasteiger partial charge is 0.332 e. The van der Waals surface area contributed by atoms with Crippen LogP contribution in [0.1, 0.15) is 27.9 Å². The van der Waals surface area contributed by atoms with E-state index in [9.17, 15) is 9.59 Å². The lowest BCUT2D eigenvalue weighted by atomic mass is 9.98. The Balaban J connectivity index is 1.91. The predicted octanol–water partition coefficient (Wildman–Crippen LogP) is -0.102. The maximum atomic E-state index is 11.9. The summed E-state index contributed by atoms with van der Waals surface area (Å²) in [5.41, 5.74) is 2.92. The van der Waals surface area contributed by atoms with E-state index < -0.39 is 12.1 Å². The maximum Gasteiger partial charge on any atom is 0.332 e. The molecule has 0 saturated heterocycles. The molecule has 1 heterocycles. The van der Waals surface area contributed by atoms with Crippen LogP contribution < -0.4 is 10.6 Å². The van der Waals surface area contributed by atoms with Gasteiger partial charge in [-0.1, -0.05) is 6.07 Å². The van der Waals surface area contributed by atoms with Crippen molar-refractivity contribution in [1.82, 2.24) is 10.6 Å². The highest BCUT2D eigenvalue weighted by Crippen LogP contribution is 2.15. The van der Waals surface area contributed by atoms with Crippen LogP contribution in [0.4, 0.5) is 0 Å². The number of benzene rings is 1. The van der Waals surface area contributed by atoms with Crippen molar-refractivity contribution in [2.45, 2.75) is 25.5 Å². The van der Waals surface area contributed by atoms with Crippen LogP contribution in [0.3, 0.4) is 0 Å². The third-order valence-electron chi connectivity index (χ3n) is 3.34. The van der Waals surface area contributed by atoms with E-state index >= 15 is 0 Å². The molecular weight excluding hydrogens is 260 g/mol. The van der Waals surface area contributed by atoms with Gasteiger partial charge < -0.3 is 20.8 Å². The molecule has 6 heteroatoms. The number of rotatable bonds is 5. The minimum atomic E-state index is -1.44. The fourth-order valence-electron chi connectivity index (χ4n) is 2.17. The van der Waals surface area contributed by atoms with Crippen molar-refractivity contribution in [3.63, 3.8) is 0 Å². The summed E-state index contributed by atoms with van der Waals surface area (Å²) < 4.78 is 0. The number of carboxylic acid groups (broad SMARTS) is 1. The minimum absolute atomic E-state index is 0.00638. The molecule has 1 unspecified atom stereocenters. The van der Waals surface area contributed by atoms with Crippen LogP contribution in [-0.4, -0.2) is 41.3 Å². The van der Waals surface area contributed by atoms with Crippen LogP contribution in [0.25, 0.3) is 0 Å². The topological polar surface area (TPSA) is 98.7 Å². The number of nitrogens with one attached hydrogen (secondary N) is 2. The van der Waals surface area contributed by atoms with E-state index in [0.29, 0.717) is 5.56 Å². The van der Waals surface area contributed by atoms with Crippen molar-refractivity contribution in [3.8, 4) is 0 Å². The molecule has 4 N–H and O–H groups in total. The van der Waals surface area contributed by atoms with Crippen LogP contribution in [0.2, 0.25) is 0 Å². The van der Waals surface area contributed by atoms with E-state index in [1.807, 2.05) is 12.1 Å². The molecule has 108 valence electrons. The summed E-state index contributed by atoms with van der Waals surface area (Å²) in [4.78, 5) is 22.4. The number of aliphatic carboxylic acids is 1. The first-order valence-corrected chi connectivity index (χ1v) is 6.59. The first kappa shape index (κ1) is 14.5. The van der Waals surface area contributed by atoms with Gasteiger partial charge in [-0.25, -0.2) is 4.79 Å².